The Labute approximate surface area is 82.7 Å². The molecule has 1 atom stereocenters. The standard InChI is InChI=1S/C11H10N2O/c1-2-11(8-12,13-9-14)10-6-4-3-5-7-10/h3-7H,2H2,1H3/t11-/m0/s1. The summed E-state index contributed by atoms with van der Waals surface area (Å²) in [4.78, 5) is 13.9. The summed E-state index contributed by atoms with van der Waals surface area (Å²) in [5, 5.41) is 9.04. The van der Waals surface area contributed by atoms with E-state index in [-0.39, 0.29) is 0 Å². The molecule has 0 N–H and O–H groups in total. The first-order valence-corrected chi connectivity index (χ1v) is 4.35. The molecule has 0 saturated heterocycles. The van der Waals surface area contributed by atoms with Gasteiger partial charge in [-0.3, -0.25) is 0 Å². The van der Waals surface area contributed by atoms with Crippen LogP contribution in [0.2, 0.25) is 0 Å². The number of nitriles is 1. The van der Waals surface area contributed by atoms with E-state index in [9.17, 15) is 4.79 Å². The lowest BCUT2D eigenvalue weighted by Crippen LogP contribution is -2.19. The fourth-order valence-corrected chi connectivity index (χ4v) is 1.31. The lowest BCUT2D eigenvalue weighted by atomic mass is 9.90. The highest BCUT2D eigenvalue weighted by atomic mass is 16.1. The minimum atomic E-state index is -1.07. The van der Waals surface area contributed by atoms with E-state index in [2.05, 4.69) is 11.1 Å². The Bertz CT molecular complexity index is 387. The maximum atomic E-state index is 10.3. The van der Waals surface area contributed by atoms with Crippen molar-refractivity contribution in [1.29, 1.82) is 5.26 Å². The monoisotopic (exact) mass is 186 g/mol. The molecule has 3 heteroatoms. The summed E-state index contributed by atoms with van der Waals surface area (Å²) in [6.45, 7) is 1.82. The van der Waals surface area contributed by atoms with Crippen LogP contribution in [-0.2, 0) is 10.3 Å². The molecule has 0 fully saturated rings. The number of nitrogens with zero attached hydrogens (tertiary/aromatic N) is 2. The Morgan fingerprint density at radius 1 is 1.43 bits per heavy atom. The molecule has 1 aromatic carbocycles. The van der Waals surface area contributed by atoms with Crippen LogP contribution in [0.4, 0.5) is 0 Å². The molecule has 0 unspecified atom stereocenters. The summed E-state index contributed by atoms with van der Waals surface area (Å²) < 4.78 is 0. The van der Waals surface area contributed by atoms with Gasteiger partial charge in [0, 0.05) is 0 Å². The summed E-state index contributed by atoms with van der Waals surface area (Å²) in [5.74, 6) is 0. The van der Waals surface area contributed by atoms with Crippen LogP contribution in [0.15, 0.2) is 35.3 Å². The molecular weight excluding hydrogens is 176 g/mol. The molecule has 3 nitrogen and oxygen atoms in total. The van der Waals surface area contributed by atoms with Crippen molar-refractivity contribution in [1.82, 2.24) is 0 Å². The topological polar surface area (TPSA) is 53.2 Å². The molecule has 1 aromatic rings. The molecule has 0 aliphatic rings. The predicted molar refractivity (Wildman–Crippen MR) is 52.1 cm³/mol. The molecular formula is C11H10N2O. The van der Waals surface area contributed by atoms with Gasteiger partial charge < -0.3 is 0 Å². The summed E-state index contributed by atoms with van der Waals surface area (Å²) in [7, 11) is 0. The number of benzene rings is 1. The van der Waals surface area contributed by atoms with E-state index in [0.29, 0.717) is 6.42 Å². The molecule has 0 amide bonds. The molecule has 0 heterocycles. The van der Waals surface area contributed by atoms with Gasteiger partial charge in [-0.1, -0.05) is 37.3 Å². The highest BCUT2D eigenvalue weighted by molar-refractivity contribution is 5.41. The minimum absolute atomic E-state index is 0.461. The molecule has 0 radical (unpaired) electrons. The highest BCUT2D eigenvalue weighted by Gasteiger charge is 2.29. The second kappa shape index (κ2) is 4.36. The zero-order valence-corrected chi connectivity index (χ0v) is 7.90. The predicted octanol–water partition coefficient (Wildman–Crippen LogP) is 2.15. The van der Waals surface area contributed by atoms with E-state index in [1.54, 1.807) is 12.1 Å². The minimum Gasteiger partial charge on any atom is -0.211 e. The molecule has 0 aliphatic carbocycles. The molecule has 0 bridgehead atoms. The van der Waals surface area contributed by atoms with Crippen molar-refractivity contribution in [3.63, 3.8) is 0 Å². The molecule has 0 aliphatic heterocycles. The van der Waals surface area contributed by atoms with Crippen molar-refractivity contribution < 1.29 is 4.79 Å². The fourth-order valence-electron chi connectivity index (χ4n) is 1.31. The SMILES string of the molecule is CC[C@@](C#N)(N=C=O)c1ccccc1. The van der Waals surface area contributed by atoms with Crippen LogP contribution in [0.25, 0.3) is 0 Å². The second-order valence-corrected chi connectivity index (χ2v) is 2.89. The van der Waals surface area contributed by atoms with Crippen LogP contribution < -0.4 is 0 Å². The second-order valence-electron chi connectivity index (χ2n) is 2.89. The van der Waals surface area contributed by atoms with Gasteiger partial charge in [-0.05, 0) is 12.0 Å². The number of hydrogen-bond acceptors (Lipinski definition) is 3. The van der Waals surface area contributed by atoms with Crippen LogP contribution in [0, 0.1) is 11.3 Å². The van der Waals surface area contributed by atoms with Crippen molar-refractivity contribution in [3.05, 3.63) is 35.9 Å². The van der Waals surface area contributed by atoms with Crippen molar-refractivity contribution in [3.8, 4) is 6.07 Å². The van der Waals surface area contributed by atoms with Gasteiger partial charge in [-0.15, -0.1) is 0 Å². The van der Waals surface area contributed by atoms with Crippen LogP contribution >= 0.6 is 0 Å². The highest BCUT2D eigenvalue weighted by Crippen LogP contribution is 2.27. The maximum absolute atomic E-state index is 10.3. The average molecular weight is 186 g/mol. The van der Waals surface area contributed by atoms with E-state index >= 15 is 0 Å². The van der Waals surface area contributed by atoms with Gasteiger partial charge in [-0.2, -0.15) is 10.3 Å². The van der Waals surface area contributed by atoms with Crippen molar-refractivity contribution in [2.45, 2.75) is 18.9 Å². The van der Waals surface area contributed by atoms with Crippen LogP contribution in [0.3, 0.4) is 0 Å². The van der Waals surface area contributed by atoms with Gasteiger partial charge in [0.2, 0.25) is 6.08 Å². The van der Waals surface area contributed by atoms with Crippen LogP contribution in [-0.4, -0.2) is 6.08 Å². The Morgan fingerprint density at radius 3 is 2.50 bits per heavy atom. The van der Waals surface area contributed by atoms with E-state index in [1.807, 2.05) is 25.1 Å². The normalized spacial score (nSPS) is 13.4. The summed E-state index contributed by atoms with van der Waals surface area (Å²) in [6.07, 6.45) is 1.92. The first-order chi connectivity index (χ1) is 6.79. The number of rotatable bonds is 3. The molecule has 0 aromatic heterocycles. The summed E-state index contributed by atoms with van der Waals surface area (Å²) >= 11 is 0. The molecule has 70 valence electrons. The molecule has 14 heavy (non-hydrogen) atoms. The Balaban J connectivity index is 3.26. The van der Waals surface area contributed by atoms with E-state index < -0.39 is 5.54 Å². The summed E-state index contributed by atoms with van der Waals surface area (Å²) in [6, 6.07) is 11.1. The van der Waals surface area contributed by atoms with Crippen molar-refractivity contribution >= 4 is 6.08 Å². The lowest BCUT2D eigenvalue weighted by molar-refractivity contribution is 0.524. The van der Waals surface area contributed by atoms with Crippen LogP contribution in [0.1, 0.15) is 18.9 Å². The number of isocyanates is 1. The number of aliphatic imine (C=N–C) groups is 1. The Morgan fingerprint density at radius 2 is 2.07 bits per heavy atom. The molecule has 1 rings (SSSR count). The summed E-state index contributed by atoms with van der Waals surface area (Å²) in [5.41, 5.74) is -0.337. The van der Waals surface area contributed by atoms with Gasteiger partial charge >= 0.3 is 0 Å². The molecule has 0 spiro atoms. The van der Waals surface area contributed by atoms with Gasteiger partial charge in [0.05, 0.1) is 6.07 Å². The largest absolute Gasteiger partial charge is 0.236 e. The quantitative estimate of drug-likeness (QED) is 0.536. The number of hydrogen-bond donors (Lipinski definition) is 0. The third-order valence-electron chi connectivity index (χ3n) is 2.18. The first-order valence-electron chi connectivity index (χ1n) is 4.35. The van der Waals surface area contributed by atoms with Crippen molar-refractivity contribution in [2.75, 3.05) is 0 Å². The Hall–Kier alpha value is -1.91. The lowest BCUT2D eigenvalue weighted by Gasteiger charge is -2.18. The van der Waals surface area contributed by atoms with Crippen molar-refractivity contribution in [2.24, 2.45) is 4.99 Å². The van der Waals surface area contributed by atoms with E-state index in [4.69, 9.17) is 5.26 Å². The maximum Gasteiger partial charge on any atom is 0.236 e. The van der Waals surface area contributed by atoms with Gasteiger partial charge in [0.25, 0.3) is 0 Å². The zero-order chi connectivity index (χ0) is 10.4. The van der Waals surface area contributed by atoms with E-state index in [1.165, 1.54) is 6.08 Å². The first kappa shape index (κ1) is 10.2. The zero-order valence-electron chi connectivity index (χ0n) is 7.90. The third kappa shape index (κ3) is 1.71. The molecule has 0 saturated carbocycles. The average Bonchev–Trinajstić information content (AvgIpc) is 2.27. The van der Waals surface area contributed by atoms with Crippen LogP contribution in [0.5, 0.6) is 0 Å². The van der Waals surface area contributed by atoms with Gasteiger partial charge in [0.15, 0.2) is 5.54 Å². The smallest absolute Gasteiger partial charge is 0.211 e. The Kier molecular flexibility index (Phi) is 3.17. The van der Waals surface area contributed by atoms with E-state index in [0.717, 1.165) is 5.56 Å². The number of carbonyl (C=O) groups excluding carboxylic acids is 1. The third-order valence-corrected chi connectivity index (χ3v) is 2.18. The van der Waals surface area contributed by atoms with Gasteiger partial charge in [0.1, 0.15) is 0 Å². The fraction of sp³-hybridized carbons (Fsp3) is 0.273. The van der Waals surface area contributed by atoms with Gasteiger partial charge in [-0.25, -0.2) is 4.79 Å².